The predicted molar refractivity (Wildman–Crippen MR) is 96.1 cm³/mol. The number of alkyl halides is 1. The normalized spacial score (nSPS) is 56.9. The van der Waals surface area contributed by atoms with Crippen molar-refractivity contribution in [1.29, 1.82) is 0 Å². The summed E-state index contributed by atoms with van der Waals surface area (Å²) in [5, 5.41) is 9.96. The molecule has 4 saturated carbocycles. The average Bonchev–Trinajstić information content (AvgIpc) is 2.47. The molecule has 0 saturated heterocycles. The molecule has 1 nitrogen and oxygen atoms in total. The second kappa shape index (κ2) is 6.24. The Morgan fingerprint density at radius 1 is 0.870 bits per heavy atom. The molecule has 3 heteroatoms. The van der Waals surface area contributed by atoms with Gasteiger partial charge in [-0.1, -0.05) is 6.92 Å². The summed E-state index contributed by atoms with van der Waals surface area (Å²) >= 11 is 0. The summed E-state index contributed by atoms with van der Waals surface area (Å²) in [6.45, 7) is 2.41. The largest absolute Gasteiger partial charge is 0.390 e. The van der Waals surface area contributed by atoms with E-state index in [2.05, 4.69) is 16.2 Å². The summed E-state index contributed by atoms with van der Waals surface area (Å²) < 4.78 is 13.8. The lowest BCUT2D eigenvalue weighted by Gasteiger charge is -2.60. The summed E-state index contributed by atoms with van der Waals surface area (Å²) in [6.07, 6.45) is 11.4. The van der Waals surface area contributed by atoms with Crippen molar-refractivity contribution >= 4 is 9.24 Å². The Labute approximate surface area is 143 Å². The van der Waals surface area contributed by atoms with Gasteiger partial charge < -0.3 is 5.11 Å². The van der Waals surface area contributed by atoms with E-state index >= 15 is 0 Å². The van der Waals surface area contributed by atoms with Crippen molar-refractivity contribution in [2.24, 2.45) is 35.0 Å². The molecule has 4 aliphatic rings. The molecule has 0 aromatic carbocycles. The molecule has 0 amide bonds. The fourth-order valence-electron chi connectivity index (χ4n) is 6.91. The monoisotopic (exact) mass is 340 g/mol. The molecule has 5 unspecified atom stereocenters. The first kappa shape index (κ1) is 16.8. The summed E-state index contributed by atoms with van der Waals surface area (Å²) in [6, 6.07) is 0. The van der Waals surface area contributed by atoms with Gasteiger partial charge in [-0.25, -0.2) is 4.39 Å². The number of hydrogen-bond acceptors (Lipinski definition) is 1. The summed E-state index contributed by atoms with van der Waals surface area (Å²) in [7, 11) is 2.64. The fourth-order valence-corrected chi connectivity index (χ4v) is 7.52. The van der Waals surface area contributed by atoms with Crippen LogP contribution in [-0.2, 0) is 0 Å². The first-order valence-electron chi connectivity index (χ1n) is 10.0. The maximum Gasteiger partial charge on any atom is 0.132 e. The van der Waals surface area contributed by atoms with Crippen molar-refractivity contribution in [3.05, 3.63) is 0 Å². The van der Waals surface area contributed by atoms with Gasteiger partial charge in [-0.3, -0.25) is 0 Å². The molecule has 0 aromatic heterocycles. The van der Waals surface area contributed by atoms with Gasteiger partial charge in [-0.05, 0) is 99.2 Å². The lowest BCUT2D eigenvalue weighted by Crippen LogP contribution is -2.49. The molecule has 23 heavy (non-hydrogen) atoms. The van der Waals surface area contributed by atoms with E-state index in [9.17, 15) is 9.50 Å². The second-order valence-corrected chi connectivity index (χ2v) is 10.6. The third-order valence-corrected chi connectivity index (χ3v) is 8.64. The molecule has 4 fully saturated rings. The van der Waals surface area contributed by atoms with E-state index in [0.29, 0.717) is 12.3 Å². The maximum absolute atomic E-state index is 13.8. The molecule has 0 aliphatic heterocycles. The van der Waals surface area contributed by atoms with Gasteiger partial charge in [0.15, 0.2) is 0 Å². The lowest BCUT2D eigenvalue weighted by atomic mass is 9.46. The van der Waals surface area contributed by atoms with Crippen molar-refractivity contribution in [2.45, 2.75) is 89.1 Å². The van der Waals surface area contributed by atoms with E-state index in [-0.39, 0.29) is 5.66 Å². The van der Waals surface area contributed by atoms with Crippen molar-refractivity contribution in [1.82, 2.24) is 0 Å². The third-order valence-electron chi connectivity index (χ3n) is 8.00. The molecule has 0 radical (unpaired) electrons. The molecule has 1 N–H and O–H groups in total. The highest BCUT2D eigenvalue weighted by Gasteiger charge is 2.53. The second-order valence-electron chi connectivity index (χ2n) is 9.76. The lowest BCUT2D eigenvalue weighted by molar-refractivity contribution is -0.0907. The van der Waals surface area contributed by atoms with Crippen LogP contribution in [0.25, 0.3) is 0 Å². The van der Waals surface area contributed by atoms with Crippen LogP contribution in [0.2, 0.25) is 0 Å². The first-order valence-corrected chi connectivity index (χ1v) is 10.7. The van der Waals surface area contributed by atoms with Crippen LogP contribution in [-0.4, -0.2) is 23.0 Å². The third kappa shape index (κ3) is 3.12. The zero-order chi connectivity index (χ0) is 16.2. The van der Waals surface area contributed by atoms with Crippen LogP contribution in [0.15, 0.2) is 0 Å². The Bertz CT molecular complexity index is 407. The summed E-state index contributed by atoms with van der Waals surface area (Å²) in [5.74, 6) is 4.28. The smallest absolute Gasteiger partial charge is 0.132 e. The predicted octanol–water partition coefficient (Wildman–Crippen LogP) is 4.97. The Kier molecular flexibility index (Phi) is 4.55. The summed E-state index contributed by atoms with van der Waals surface area (Å²) in [5.41, 5.74) is 0.755. The SMILES string of the molecule is CC1CC2(C1)CC(C1CCC(C3CC(O)C(F)C(P)C3)CC1)C2. The Morgan fingerprint density at radius 2 is 1.43 bits per heavy atom. The number of hydrogen-bond donors (Lipinski definition) is 1. The molecular weight excluding hydrogens is 306 g/mol. The topological polar surface area (TPSA) is 20.2 Å². The number of rotatable bonds is 2. The minimum atomic E-state index is -1.02. The van der Waals surface area contributed by atoms with Crippen LogP contribution in [0.3, 0.4) is 0 Å². The first-order chi connectivity index (χ1) is 11.0. The Morgan fingerprint density at radius 3 is 1.96 bits per heavy atom. The van der Waals surface area contributed by atoms with Gasteiger partial charge in [0, 0.05) is 5.66 Å². The molecule has 4 rings (SSSR count). The quantitative estimate of drug-likeness (QED) is 0.704. The number of halogens is 1. The molecule has 4 aliphatic carbocycles. The zero-order valence-corrected chi connectivity index (χ0v) is 15.7. The average molecular weight is 340 g/mol. The van der Waals surface area contributed by atoms with Crippen molar-refractivity contribution < 1.29 is 9.50 Å². The van der Waals surface area contributed by atoms with Crippen molar-refractivity contribution in [2.75, 3.05) is 0 Å². The van der Waals surface area contributed by atoms with Crippen LogP contribution < -0.4 is 0 Å². The highest BCUT2D eigenvalue weighted by molar-refractivity contribution is 7.17. The van der Waals surface area contributed by atoms with Gasteiger partial charge in [-0.2, -0.15) is 0 Å². The molecule has 0 bridgehead atoms. The minimum absolute atomic E-state index is 0.0337. The standard InChI is InChI=1S/C20H34FOP/c1-12-8-20(9-12)10-16(11-20)14-4-2-13(3-5-14)15-6-17(22)19(21)18(23)7-15/h12-19,22H,2-11,23H2,1H3. The van der Waals surface area contributed by atoms with E-state index < -0.39 is 12.3 Å². The highest BCUT2D eigenvalue weighted by Crippen LogP contribution is 2.64. The van der Waals surface area contributed by atoms with E-state index in [1.807, 2.05) is 0 Å². The highest BCUT2D eigenvalue weighted by atomic mass is 31.0. The van der Waals surface area contributed by atoms with Crippen LogP contribution >= 0.6 is 9.24 Å². The minimum Gasteiger partial charge on any atom is -0.390 e. The zero-order valence-electron chi connectivity index (χ0n) is 14.6. The number of aliphatic hydroxyl groups is 1. The van der Waals surface area contributed by atoms with Gasteiger partial charge >= 0.3 is 0 Å². The van der Waals surface area contributed by atoms with Gasteiger partial charge in [0.1, 0.15) is 6.17 Å². The molecule has 1 spiro atoms. The van der Waals surface area contributed by atoms with Crippen molar-refractivity contribution in [3.8, 4) is 0 Å². The van der Waals surface area contributed by atoms with Crippen LogP contribution in [0.5, 0.6) is 0 Å². The molecule has 132 valence electrons. The van der Waals surface area contributed by atoms with Gasteiger partial charge in [-0.15, -0.1) is 9.24 Å². The fraction of sp³-hybridized carbons (Fsp3) is 1.00. The van der Waals surface area contributed by atoms with E-state index in [1.54, 1.807) is 0 Å². The van der Waals surface area contributed by atoms with E-state index in [1.165, 1.54) is 51.4 Å². The van der Waals surface area contributed by atoms with E-state index in [4.69, 9.17) is 0 Å². The van der Waals surface area contributed by atoms with Gasteiger partial charge in [0.25, 0.3) is 0 Å². The van der Waals surface area contributed by atoms with Gasteiger partial charge in [0.2, 0.25) is 0 Å². The van der Waals surface area contributed by atoms with Crippen LogP contribution in [0.4, 0.5) is 4.39 Å². The molecular formula is C20H34FOP. The summed E-state index contributed by atoms with van der Waals surface area (Å²) in [4.78, 5) is 0. The van der Waals surface area contributed by atoms with Crippen LogP contribution in [0, 0.1) is 35.0 Å². The maximum atomic E-state index is 13.8. The molecule has 5 atom stereocenters. The van der Waals surface area contributed by atoms with Crippen molar-refractivity contribution in [3.63, 3.8) is 0 Å². The Balaban J connectivity index is 1.24. The van der Waals surface area contributed by atoms with E-state index in [0.717, 1.165) is 35.5 Å². The Hall–Kier alpha value is 0.320. The molecule has 0 heterocycles. The molecule has 0 aromatic rings. The number of aliphatic hydroxyl groups excluding tert-OH is 1. The van der Waals surface area contributed by atoms with Crippen LogP contribution in [0.1, 0.15) is 71.1 Å². The van der Waals surface area contributed by atoms with Gasteiger partial charge in [0.05, 0.1) is 6.10 Å².